The van der Waals surface area contributed by atoms with Crippen LogP contribution in [0.15, 0.2) is 41.5 Å². The van der Waals surface area contributed by atoms with Crippen molar-refractivity contribution in [3.63, 3.8) is 0 Å². The average molecular weight is 343 g/mol. The smallest absolute Gasteiger partial charge is 0.151 e. The summed E-state index contributed by atoms with van der Waals surface area (Å²) in [7, 11) is 0. The second kappa shape index (κ2) is 6.01. The summed E-state index contributed by atoms with van der Waals surface area (Å²) < 4.78 is 13.9. The molecule has 0 spiro atoms. The molecule has 0 aliphatic carbocycles. The van der Waals surface area contributed by atoms with Gasteiger partial charge in [0.05, 0.1) is 36.3 Å². The molecule has 0 radical (unpaired) electrons. The molecule has 120 valence electrons. The van der Waals surface area contributed by atoms with Crippen LogP contribution in [0.25, 0.3) is 11.4 Å². The van der Waals surface area contributed by atoms with Gasteiger partial charge in [-0.05, 0) is 24.3 Å². The summed E-state index contributed by atoms with van der Waals surface area (Å²) in [6, 6.07) is 10.0. The summed E-state index contributed by atoms with van der Waals surface area (Å²) in [6.45, 7) is 1.02. The molecule has 0 amide bonds. The first kappa shape index (κ1) is 14.8. The van der Waals surface area contributed by atoms with Gasteiger partial charge in [0.15, 0.2) is 5.15 Å². The van der Waals surface area contributed by atoms with Crippen molar-refractivity contribution in [3.05, 3.63) is 64.5 Å². The monoisotopic (exact) mass is 342 g/mol. The van der Waals surface area contributed by atoms with E-state index in [0.29, 0.717) is 35.3 Å². The van der Waals surface area contributed by atoms with Gasteiger partial charge in [-0.25, -0.2) is 9.37 Å². The molecule has 2 aromatic heterocycles. The zero-order valence-corrected chi connectivity index (χ0v) is 13.2. The Hall–Kier alpha value is -2.80. The van der Waals surface area contributed by atoms with Crippen LogP contribution in [0, 0.1) is 5.82 Å². The molecule has 1 aromatic carbocycles. The fourth-order valence-electron chi connectivity index (χ4n) is 2.50. The van der Waals surface area contributed by atoms with E-state index >= 15 is 0 Å². The van der Waals surface area contributed by atoms with Crippen molar-refractivity contribution in [2.75, 3.05) is 0 Å². The number of fused-ring (bicyclic) bond motifs is 1. The lowest BCUT2D eigenvalue weighted by atomic mass is 10.2. The van der Waals surface area contributed by atoms with E-state index in [2.05, 4.69) is 25.3 Å². The minimum Gasteiger partial charge on any atom is -0.340 e. The zero-order chi connectivity index (χ0) is 16.5. The Balaban J connectivity index is 1.55. The summed E-state index contributed by atoms with van der Waals surface area (Å²) >= 11 is 5.73. The van der Waals surface area contributed by atoms with E-state index in [9.17, 15) is 4.39 Å². The second-order valence-electron chi connectivity index (χ2n) is 5.34. The van der Waals surface area contributed by atoms with Crippen LogP contribution < -0.4 is 0 Å². The zero-order valence-electron chi connectivity index (χ0n) is 12.4. The van der Waals surface area contributed by atoms with E-state index in [0.717, 1.165) is 11.4 Å². The first-order chi connectivity index (χ1) is 11.7. The maximum absolute atomic E-state index is 13.9. The molecule has 1 aliphatic rings. The van der Waals surface area contributed by atoms with Crippen molar-refractivity contribution in [1.29, 1.82) is 0 Å². The fourth-order valence-corrected chi connectivity index (χ4v) is 2.60. The van der Waals surface area contributed by atoms with Crippen molar-refractivity contribution >= 4 is 17.8 Å². The standard InChI is InChI=1S/C16H12ClFN6/c17-15-6-5-10(22-23-15)8-24-9-14-13(7-19-24)20-16(21-14)11-3-1-2-4-12(11)18/h1-7H,8-9H2,(H,20,21). The predicted molar refractivity (Wildman–Crippen MR) is 87.9 cm³/mol. The molecular weight excluding hydrogens is 331 g/mol. The molecule has 3 heterocycles. The van der Waals surface area contributed by atoms with E-state index < -0.39 is 0 Å². The van der Waals surface area contributed by atoms with Crippen LogP contribution in [-0.4, -0.2) is 31.4 Å². The lowest BCUT2D eigenvalue weighted by Gasteiger charge is -2.20. The van der Waals surface area contributed by atoms with Crippen molar-refractivity contribution in [2.24, 2.45) is 5.10 Å². The number of hydrogen-bond donors (Lipinski definition) is 1. The third kappa shape index (κ3) is 2.85. The van der Waals surface area contributed by atoms with Crippen LogP contribution in [-0.2, 0) is 13.1 Å². The van der Waals surface area contributed by atoms with Gasteiger partial charge in [0, 0.05) is 0 Å². The van der Waals surface area contributed by atoms with Gasteiger partial charge >= 0.3 is 0 Å². The van der Waals surface area contributed by atoms with Gasteiger partial charge in [-0.3, -0.25) is 5.01 Å². The first-order valence-electron chi connectivity index (χ1n) is 7.30. The minimum absolute atomic E-state index is 0.311. The number of benzene rings is 1. The van der Waals surface area contributed by atoms with Crippen molar-refractivity contribution in [2.45, 2.75) is 13.1 Å². The number of halogens is 2. The lowest BCUT2D eigenvalue weighted by Crippen LogP contribution is -2.22. The van der Waals surface area contributed by atoms with E-state index in [1.54, 1.807) is 36.5 Å². The van der Waals surface area contributed by atoms with E-state index in [1.165, 1.54) is 6.07 Å². The molecule has 0 bridgehead atoms. The Kier molecular flexibility index (Phi) is 3.70. The Labute approximate surface area is 142 Å². The van der Waals surface area contributed by atoms with Gasteiger partial charge in [-0.2, -0.15) is 10.2 Å². The second-order valence-corrected chi connectivity index (χ2v) is 5.73. The molecule has 1 N–H and O–H groups in total. The minimum atomic E-state index is -0.311. The molecule has 24 heavy (non-hydrogen) atoms. The molecule has 8 heteroatoms. The maximum Gasteiger partial charge on any atom is 0.151 e. The molecule has 0 saturated heterocycles. The number of imidazole rings is 1. The first-order valence-corrected chi connectivity index (χ1v) is 7.67. The third-order valence-corrected chi connectivity index (χ3v) is 3.86. The summed E-state index contributed by atoms with van der Waals surface area (Å²) in [5.74, 6) is 0.187. The van der Waals surface area contributed by atoms with Gasteiger partial charge in [0.2, 0.25) is 0 Å². The molecule has 0 fully saturated rings. The molecule has 1 aliphatic heterocycles. The molecule has 4 rings (SSSR count). The number of rotatable bonds is 3. The summed E-state index contributed by atoms with van der Waals surface area (Å²) in [5.41, 5.74) is 2.79. The number of hydrogen-bond acceptors (Lipinski definition) is 5. The van der Waals surface area contributed by atoms with Crippen LogP contribution in [0.2, 0.25) is 5.15 Å². The number of nitrogens with zero attached hydrogens (tertiary/aromatic N) is 5. The van der Waals surface area contributed by atoms with Crippen LogP contribution >= 0.6 is 11.6 Å². The third-order valence-electron chi connectivity index (χ3n) is 3.66. The molecule has 0 unspecified atom stereocenters. The van der Waals surface area contributed by atoms with Gasteiger partial charge in [0.1, 0.15) is 17.3 Å². The Morgan fingerprint density at radius 2 is 2.04 bits per heavy atom. The Bertz CT molecular complexity index is 905. The highest BCUT2D eigenvalue weighted by molar-refractivity contribution is 6.29. The fraction of sp³-hybridized carbons (Fsp3) is 0.125. The highest BCUT2D eigenvalue weighted by atomic mass is 35.5. The number of aromatic amines is 1. The maximum atomic E-state index is 13.9. The number of hydrazone groups is 1. The van der Waals surface area contributed by atoms with Crippen molar-refractivity contribution in [3.8, 4) is 11.4 Å². The predicted octanol–water partition coefficient (Wildman–Crippen LogP) is 3.01. The van der Waals surface area contributed by atoms with Gasteiger partial charge < -0.3 is 4.98 Å². The highest BCUT2D eigenvalue weighted by Crippen LogP contribution is 2.23. The largest absolute Gasteiger partial charge is 0.340 e. The summed E-state index contributed by atoms with van der Waals surface area (Å²) in [5, 5.41) is 14.4. The summed E-state index contributed by atoms with van der Waals surface area (Å²) in [4.78, 5) is 7.59. The van der Waals surface area contributed by atoms with E-state index in [4.69, 9.17) is 11.6 Å². The van der Waals surface area contributed by atoms with Crippen LogP contribution in [0.1, 0.15) is 17.1 Å². The normalized spacial score (nSPS) is 13.2. The van der Waals surface area contributed by atoms with Crippen LogP contribution in [0.3, 0.4) is 0 Å². The summed E-state index contributed by atoms with van der Waals surface area (Å²) in [6.07, 6.45) is 1.66. The highest BCUT2D eigenvalue weighted by Gasteiger charge is 2.19. The van der Waals surface area contributed by atoms with Crippen LogP contribution in [0.5, 0.6) is 0 Å². The molecule has 6 nitrogen and oxygen atoms in total. The Morgan fingerprint density at radius 3 is 2.83 bits per heavy atom. The van der Waals surface area contributed by atoms with Gasteiger partial charge in [-0.15, -0.1) is 5.10 Å². The van der Waals surface area contributed by atoms with Crippen molar-refractivity contribution < 1.29 is 4.39 Å². The molecular formula is C16H12ClFN6. The molecule has 0 atom stereocenters. The van der Waals surface area contributed by atoms with Gasteiger partial charge in [0.25, 0.3) is 0 Å². The van der Waals surface area contributed by atoms with Gasteiger partial charge in [-0.1, -0.05) is 23.7 Å². The Morgan fingerprint density at radius 1 is 1.17 bits per heavy atom. The quantitative estimate of drug-likeness (QED) is 0.794. The lowest BCUT2D eigenvalue weighted by molar-refractivity contribution is 0.260. The van der Waals surface area contributed by atoms with E-state index in [-0.39, 0.29) is 5.82 Å². The topological polar surface area (TPSA) is 70.1 Å². The number of H-pyrrole nitrogens is 1. The molecule has 0 saturated carbocycles. The number of nitrogens with one attached hydrogen (secondary N) is 1. The average Bonchev–Trinajstić information content (AvgIpc) is 3.00. The SMILES string of the molecule is Fc1ccccc1-c1nc2c([nH]1)CN(Cc1ccc(Cl)nn1)N=C2. The molecule has 3 aromatic rings. The van der Waals surface area contributed by atoms with Crippen molar-refractivity contribution in [1.82, 2.24) is 25.2 Å². The van der Waals surface area contributed by atoms with Crippen LogP contribution in [0.4, 0.5) is 4.39 Å². The number of aromatic nitrogens is 4. The van der Waals surface area contributed by atoms with E-state index in [1.807, 2.05) is 5.01 Å².